The zero-order valence-corrected chi connectivity index (χ0v) is 7.39. The molecule has 0 N–H and O–H groups in total. The van der Waals surface area contributed by atoms with Crippen molar-refractivity contribution in [1.29, 1.82) is 0 Å². The molecule has 0 amide bonds. The van der Waals surface area contributed by atoms with Crippen LogP contribution in [0, 0.1) is 23.7 Å². The summed E-state index contributed by atoms with van der Waals surface area (Å²) in [7, 11) is 0. The SMILES string of the molecule is C#CC(C)(C)C1CCCOC1. The predicted octanol–water partition coefficient (Wildman–Crippen LogP) is 2.07. The van der Waals surface area contributed by atoms with Crippen LogP contribution in [0.25, 0.3) is 0 Å². The van der Waals surface area contributed by atoms with Gasteiger partial charge in [-0.15, -0.1) is 12.3 Å². The van der Waals surface area contributed by atoms with E-state index in [9.17, 15) is 0 Å². The molecule has 0 saturated carbocycles. The third-order valence-corrected chi connectivity index (χ3v) is 2.55. The minimum absolute atomic E-state index is 0.0143. The molecule has 0 aromatic heterocycles. The minimum Gasteiger partial charge on any atom is -0.381 e. The van der Waals surface area contributed by atoms with Crippen molar-refractivity contribution in [3.8, 4) is 12.3 Å². The molecule has 0 spiro atoms. The van der Waals surface area contributed by atoms with Crippen LogP contribution in [0.15, 0.2) is 0 Å². The first-order chi connectivity index (χ1) is 5.17. The van der Waals surface area contributed by atoms with E-state index in [1.54, 1.807) is 0 Å². The molecule has 1 nitrogen and oxygen atoms in total. The van der Waals surface area contributed by atoms with E-state index in [-0.39, 0.29) is 5.41 Å². The largest absolute Gasteiger partial charge is 0.381 e. The average Bonchev–Trinajstić information content (AvgIpc) is 2.06. The monoisotopic (exact) mass is 152 g/mol. The van der Waals surface area contributed by atoms with E-state index >= 15 is 0 Å². The molecule has 1 aliphatic rings. The van der Waals surface area contributed by atoms with E-state index in [2.05, 4.69) is 19.8 Å². The lowest BCUT2D eigenvalue weighted by Crippen LogP contribution is -2.30. The molecule has 11 heavy (non-hydrogen) atoms. The number of hydrogen-bond donors (Lipinski definition) is 0. The maximum Gasteiger partial charge on any atom is 0.0508 e. The highest BCUT2D eigenvalue weighted by atomic mass is 16.5. The maximum absolute atomic E-state index is 5.43. The van der Waals surface area contributed by atoms with Crippen molar-refractivity contribution in [3.05, 3.63) is 0 Å². The molecule has 1 unspecified atom stereocenters. The lowest BCUT2D eigenvalue weighted by atomic mass is 9.77. The van der Waals surface area contributed by atoms with Crippen molar-refractivity contribution in [2.75, 3.05) is 13.2 Å². The summed E-state index contributed by atoms with van der Waals surface area (Å²) in [5.41, 5.74) is 0.0143. The molecule has 0 bridgehead atoms. The number of ether oxygens (including phenoxy) is 1. The van der Waals surface area contributed by atoms with Gasteiger partial charge in [0.1, 0.15) is 0 Å². The predicted molar refractivity (Wildman–Crippen MR) is 46.2 cm³/mol. The van der Waals surface area contributed by atoms with E-state index in [4.69, 9.17) is 11.2 Å². The summed E-state index contributed by atoms with van der Waals surface area (Å²) in [5, 5.41) is 0. The third-order valence-electron chi connectivity index (χ3n) is 2.55. The summed E-state index contributed by atoms with van der Waals surface area (Å²) < 4.78 is 5.37. The Hall–Kier alpha value is -0.480. The van der Waals surface area contributed by atoms with E-state index in [0.29, 0.717) is 5.92 Å². The van der Waals surface area contributed by atoms with Gasteiger partial charge in [0.25, 0.3) is 0 Å². The molecule has 1 heteroatoms. The Morgan fingerprint density at radius 2 is 2.27 bits per heavy atom. The summed E-state index contributed by atoms with van der Waals surface area (Å²) in [6.07, 6.45) is 7.81. The summed E-state index contributed by atoms with van der Waals surface area (Å²) in [5.74, 6) is 3.39. The lowest BCUT2D eigenvalue weighted by Gasteiger charge is -2.32. The fourth-order valence-corrected chi connectivity index (χ4v) is 1.43. The van der Waals surface area contributed by atoms with Crippen LogP contribution in [0.4, 0.5) is 0 Å². The van der Waals surface area contributed by atoms with Crippen LogP contribution in [-0.4, -0.2) is 13.2 Å². The molecule has 1 atom stereocenters. The Kier molecular flexibility index (Phi) is 2.57. The van der Waals surface area contributed by atoms with Crippen LogP contribution in [0.1, 0.15) is 26.7 Å². The first-order valence-corrected chi connectivity index (χ1v) is 4.22. The molecule has 1 fully saturated rings. The normalized spacial score (nSPS) is 26.1. The second kappa shape index (κ2) is 3.28. The second-order valence-electron chi connectivity index (χ2n) is 3.78. The van der Waals surface area contributed by atoms with E-state index in [1.165, 1.54) is 6.42 Å². The van der Waals surface area contributed by atoms with Gasteiger partial charge in [0, 0.05) is 12.0 Å². The zero-order chi connectivity index (χ0) is 8.32. The average molecular weight is 152 g/mol. The van der Waals surface area contributed by atoms with Gasteiger partial charge >= 0.3 is 0 Å². The molecule has 0 aromatic rings. The lowest BCUT2D eigenvalue weighted by molar-refractivity contribution is 0.0217. The van der Waals surface area contributed by atoms with Crippen LogP contribution in [0.3, 0.4) is 0 Å². The van der Waals surface area contributed by atoms with Crippen LogP contribution in [-0.2, 0) is 4.74 Å². The zero-order valence-electron chi connectivity index (χ0n) is 7.39. The van der Waals surface area contributed by atoms with Crippen molar-refractivity contribution in [2.24, 2.45) is 11.3 Å². The fraction of sp³-hybridized carbons (Fsp3) is 0.800. The highest BCUT2D eigenvalue weighted by Crippen LogP contribution is 2.31. The highest BCUT2D eigenvalue weighted by molar-refractivity contribution is 5.04. The van der Waals surface area contributed by atoms with Gasteiger partial charge in [-0.2, -0.15) is 0 Å². The first kappa shape index (κ1) is 8.62. The topological polar surface area (TPSA) is 9.23 Å². The Balaban J connectivity index is 2.52. The number of hydrogen-bond acceptors (Lipinski definition) is 1. The molecule has 1 rings (SSSR count). The molecular weight excluding hydrogens is 136 g/mol. The summed E-state index contributed by atoms with van der Waals surface area (Å²) in [6, 6.07) is 0. The van der Waals surface area contributed by atoms with Gasteiger partial charge in [0.2, 0.25) is 0 Å². The van der Waals surface area contributed by atoms with Gasteiger partial charge in [0.05, 0.1) is 6.61 Å². The van der Waals surface area contributed by atoms with Crippen LogP contribution in [0.2, 0.25) is 0 Å². The van der Waals surface area contributed by atoms with E-state index in [0.717, 1.165) is 19.6 Å². The first-order valence-electron chi connectivity index (χ1n) is 4.22. The van der Waals surface area contributed by atoms with Crippen molar-refractivity contribution >= 4 is 0 Å². The van der Waals surface area contributed by atoms with Gasteiger partial charge in [-0.3, -0.25) is 0 Å². The van der Waals surface area contributed by atoms with Crippen molar-refractivity contribution in [1.82, 2.24) is 0 Å². The molecule has 1 saturated heterocycles. The Morgan fingerprint density at radius 1 is 1.55 bits per heavy atom. The summed E-state index contributed by atoms with van der Waals surface area (Å²) in [4.78, 5) is 0. The quantitative estimate of drug-likeness (QED) is 0.523. The summed E-state index contributed by atoms with van der Waals surface area (Å²) in [6.45, 7) is 5.99. The smallest absolute Gasteiger partial charge is 0.0508 e. The highest BCUT2D eigenvalue weighted by Gasteiger charge is 2.28. The van der Waals surface area contributed by atoms with Gasteiger partial charge in [-0.1, -0.05) is 0 Å². The fourth-order valence-electron chi connectivity index (χ4n) is 1.43. The van der Waals surface area contributed by atoms with Gasteiger partial charge in [-0.05, 0) is 32.6 Å². The molecule has 0 radical (unpaired) electrons. The maximum atomic E-state index is 5.43. The van der Waals surface area contributed by atoms with Crippen molar-refractivity contribution in [3.63, 3.8) is 0 Å². The van der Waals surface area contributed by atoms with E-state index in [1.807, 2.05) is 0 Å². The number of rotatable bonds is 1. The second-order valence-corrected chi connectivity index (χ2v) is 3.78. The molecule has 0 aliphatic carbocycles. The third kappa shape index (κ3) is 1.97. The van der Waals surface area contributed by atoms with Crippen LogP contribution >= 0.6 is 0 Å². The minimum atomic E-state index is 0.0143. The van der Waals surface area contributed by atoms with Crippen LogP contribution < -0.4 is 0 Å². The number of terminal acetylenes is 1. The molecule has 62 valence electrons. The molecule has 1 aliphatic heterocycles. The Bertz CT molecular complexity index is 158. The van der Waals surface area contributed by atoms with Gasteiger partial charge < -0.3 is 4.74 Å². The van der Waals surface area contributed by atoms with Gasteiger partial charge in [-0.25, -0.2) is 0 Å². The van der Waals surface area contributed by atoms with Crippen LogP contribution in [0.5, 0.6) is 0 Å². The van der Waals surface area contributed by atoms with Gasteiger partial charge in [0.15, 0.2) is 0 Å². The standard InChI is InChI=1S/C10H16O/c1-4-10(2,3)9-6-5-7-11-8-9/h1,9H,5-8H2,2-3H3. The Labute approximate surface area is 69.1 Å². The van der Waals surface area contributed by atoms with Crippen molar-refractivity contribution < 1.29 is 4.74 Å². The molecule has 0 aromatic carbocycles. The molecular formula is C10H16O. The molecule has 1 heterocycles. The van der Waals surface area contributed by atoms with E-state index < -0.39 is 0 Å². The van der Waals surface area contributed by atoms with Crippen molar-refractivity contribution in [2.45, 2.75) is 26.7 Å². The summed E-state index contributed by atoms with van der Waals surface area (Å²) >= 11 is 0. The Morgan fingerprint density at radius 3 is 2.73 bits per heavy atom.